The van der Waals surface area contributed by atoms with Crippen LogP contribution in [0.2, 0.25) is 0 Å². The van der Waals surface area contributed by atoms with Gasteiger partial charge in [-0.05, 0) is 30.3 Å². The van der Waals surface area contributed by atoms with Crippen LogP contribution in [0.25, 0.3) is 0 Å². The Morgan fingerprint density at radius 3 is 2.04 bits per heavy atom. The number of aliphatic hydroxyl groups excluding tert-OH is 1. The first-order chi connectivity index (χ1) is 13.4. The van der Waals surface area contributed by atoms with E-state index in [1.54, 1.807) is 60.7 Å². The van der Waals surface area contributed by atoms with Crippen LogP contribution in [-0.4, -0.2) is 51.9 Å². The summed E-state index contributed by atoms with van der Waals surface area (Å²) in [6.45, 7) is -0.570. The lowest BCUT2D eigenvalue weighted by atomic mass is 9.84. The highest BCUT2D eigenvalue weighted by Gasteiger charge is 2.50. The number of carbonyl (C=O) groups is 2. The fraction of sp³-hybridized carbons (Fsp3) is 0.238. The van der Waals surface area contributed by atoms with Crippen LogP contribution in [0, 0.1) is 0 Å². The van der Waals surface area contributed by atoms with Crippen LogP contribution in [0.15, 0.2) is 72.8 Å². The molecule has 3 rings (SSSR count). The average molecular weight is 403 g/mol. The Hall–Kier alpha value is -2.67. The summed E-state index contributed by atoms with van der Waals surface area (Å²) >= 11 is 6.14. The topological polar surface area (TPSA) is 93.1 Å². The van der Waals surface area contributed by atoms with Gasteiger partial charge in [-0.3, -0.25) is 0 Å². The first-order valence-corrected chi connectivity index (χ1v) is 9.06. The van der Waals surface area contributed by atoms with Gasteiger partial charge in [-0.1, -0.05) is 42.5 Å². The van der Waals surface area contributed by atoms with E-state index < -0.39 is 41.7 Å². The summed E-state index contributed by atoms with van der Waals surface area (Å²) in [6, 6.07) is 16.5. The highest BCUT2D eigenvalue weighted by atomic mass is 35.5. The van der Waals surface area contributed by atoms with E-state index in [2.05, 4.69) is 0 Å². The summed E-state index contributed by atoms with van der Waals surface area (Å²) in [6.07, 6.45) is 0.0592. The summed E-state index contributed by atoms with van der Waals surface area (Å²) < 4.78 is 10.4. The molecule has 0 aliphatic heterocycles. The number of aliphatic hydroxyl groups is 2. The second-order valence-electron chi connectivity index (χ2n) is 6.40. The number of carbonyl (C=O) groups excluding carboxylic acids is 2. The normalized spacial score (nSPS) is 26.5. The van der Waals surface area contributed by atoms with Crippen molar-refractivity contribution in [2.75, 3.05) is 6.61 Å². The van der Waals surface area contributed by atoms with Gasteiger partial charge in [0, 0.05) is 0 Å². The van der Waals surface area contributed by atoms with Gasteiger partial charge in [0.2, 0.25) is 0 Å². The van der Waals surface area contributed by atoms with Crippen molar-refractivity contribution < 1.29 is 29.3 Å². The first-order valence-electron chi connectivity index (χ1n) is 8.63. The number of alkyl halides is 1. The Morgan fingerprint density at radius 2 is 1.46 bits per heavy atom. The van der Waals surface area contributed by atoms with Gasteiger partial charge in [0.05, 0.1) is 16.5 Å². The van der Waals surface area contributed by atoms with Crippen molar-refractivity contribution in [1.29, 1.82) is 0 Å². The fourth-order valence-electron chi connectivity index (χ4n) is 2.80. The lowest BCUT2D eigenvalue weighted by Gasteiger charge is -2.40. The van der Waals surface area contributed by atoms with Crippen molar-refractivity contribution in [3.63, 3.8) is 0 Å². The minimum absolute atomic E-state index is 0.296. The molecular weight excluding hydrogens is 384 g/mol. The molecule has 0 saturated carbocycles. The van der Waals surface area contributed by atoms with Gasteiger partial charge in [0.15, 0.2) is 0 Å². The van der Waals surface area contributed by atoms with Gasteiger partial charge in [-0.2, -0.15) is 0 Å². The quantitative estimate of drug-likeness (QED) is 0.453. The number of hydrogen-bond acceptors (Lipinski definition) is 6. The summed E-state index contributed by atoms with van der Waals surface area (Å²) in [4.78, 5) is 24.4. The number of halogens is 1. The minimum Gasteiger partial charge on any atom is -0.459 e. The molecule has 0 saturated heterocycles. The van der Waals surface area contributed by atoms with Crippen LogP contribution < -0.4 is 0 Å². The Labute approximate surface area is 167 Å². The van der Waals surface area contributed by atoms with Crippen LogP contribution in [0.4, 0.5) is 0 Å². The molecule has 2 N–H and O–H groups in total. The van der Waals surface area contributed by atoms with Gasteiger partial charge in [0.1, 0.15) is 24.4 Å². The molecule has 0 aromatic heterocycles. The number of benzene rings is 2. The zero-order valence-electron chi connectivity index (χ0n) is 14.8. The molecular formula is C21H19ClO6. The molecule has 0 radical (unpaired) electrons. The molecule has 6 nitrogen and oxygen atoms in total. The third-order valence-electron chi connectivity index (χ3n) is 4.47. The highest BCUT2D eigenvalue weighted by Crippen LogP contribution is 2.31. The molecule has 146 valence electrons. The summed E-state index contributed by atoms with van der Waals surface area (Å²) in [5, 5.41) is 20.4. The molecule has 2 aromatic rings. The molecule has 2 aromatic carbocycles. The van der Waals surface area contributed by atoms with Gasteiger partial charge < -0.3 is 19.7 Å². The Kier molecular flexibility index (Phi) is 6.14. The van der Waals surface area contributed by atoms with Crippen molar-refractivity contribution in [2.45, 2.75) is 23.2 Å². The number of hydrogen-bond donors (Lipinski definition) is 2. The maximum Gasteiger partial charge on any atom is 0.338 e. The molecule has 0 heterocycles. The zero-order valence-corrected chi connectivity index (χ0v) is 15.5. The lowest BCUT2D eigenvalue weighted by Crippen LogP contribution is -2.60. The van der Waals surface area contributed by atoms with Crippen LogP contribution in [0.5, 0.6) is 0 Å². The second kappa shape index (κ2) is 8.56. The zero-order chi connectivity index (χ0) is 20.1. The highest BCUT2D eigenvalue weighted by molar-refractivity contribution is 6.22. The van der Waals surface area contributed by atoms with E-state index in [-0.39, 0.29) is 0 Å². The molecule has 7 heteroatoms. The van der Waals surface area contributed by atoms with Gasteiger partial charge in [-0.25, -0.2) is 9.59 Å². The Morgan fingerprint density at radius 1 is 0.929 bits per heavy atom. The van der Waals surface area contributed by atoms with Crippen molar-refractivity contribution in [1.82, 2.24) is 0 Å². The largest absolute Gasteiger partial charge is 0.459 e. The van der Waals surface area contributed by atoms with Gasteiger partial charge in [0.25, 0.3) is 0 Å². The maximum absolute atomic E-state index is 12.2. The van der Waals surface area contributed by atoms with Crippen molar-refractivity contribution in [3.8, 4) is 0 Å². The van der Waals surface area contributed by atoms with Crippen LogP contribution in [0.3, 0.4) is 0 Å². The average Bonchev–Trinajstić information content (AvgIpc) is 2.74. The van der Waals surface area contributed by atoms with Crippen molar-refractivity contribution in [3.05, 3.63) is 83.9 Å². The van der Waals surface area contributed by atoms with Gasteiger partial charge in [-0.15, -0.1) is 11.6 Å². The molecule has 28 heavy (non-hydrogen) atoms. The number of ether oxygens (including phenoxy) is 2. The lowest BCUT2D eigenvalue weighted by molar-refractivity contribution is -0.140. The van der Waals surface area contributed by atoms with E-state index in [0.29, 0.717) is 11.1 Å². The van der Waals surface area contributed by atoms with Crippen LogP contribution in [-0.2, 0) is 9.47 Å². The van der Waals surface area contributed by atoms with E-state index >= 15 is 0 Å². The first kappa shape index (κ1) is 20.1. The summed E-state index contributed by atoms with van der Waals surface area (Å²) in [7, 11) is 0. The van der Waals surface area contributed by atoms with E-state index in [1.807, 2.05) is 0 Å². The number of rotatable bonds is 5. The number of esters is 2. The fourth-order valence-corrected chi connectivity index (χ4v) is 3.08. The van der Waals surface area contributed by atoms with Crippen molar-refractivity contribution >= 4 is 23.5 Å². The molecule has 0 amide bonds. The Bertz CT molecular complexity index is 854. The maximum atomic E-state index is 12.2. The summed E-state index contributed by atoms with van der Waals surface area (Å²) in [5.74, 6) is -1.33. The van der Waals surface area contributed by atoms with Crippen molar-refractivity contribution in [2.24, 2.45) is 0 Å². The van der Waals surface area contributed by atoms with E-state index in [9.17, 15) is 19.8 Å². The molecule has 0 spiro atoms. The second-order valence-corrected chi connectivity index (χ2v) is 6.87. The van der Waals surface area contributed by atoms with E-state index in [4.69, 9.17) is 21.1 Å². The minimum atomic E-state index is -2.03. The van der Waals surface area contributed by atoms with Crippen LogP contribution >= 0.6 is 11.6 Å². The third-order valence-corrected chi connectivity index (χ3v) is 4.99. The SMILES string of the molecule is O=C(OC[C@]1(O)[C@H](Cl)C=C[C@@H](OC(=O)c2ccccc2)[C@H]1O)c1ccccc1. The third kappa shape index (κ3) is 4.25. The molecule has 0 fully saturated rings. The van der Waals surface area contributed by atoms with Gasteiger partial charge >= 0.3 is 11.9 Å². The molecule has 0 bridgehead atoms. The molecule has 1 aliphatic rings. The van der Waals surface area contributed by atoms with Crippen LogP contribution in [0.1, 0.15) is 20.7 Å². The predicted octanol–water partition coefficient (Wildman–Crippen LogP) is 2.34. The molecule has 4 atom stereocenters. The van der Waals surface area contributed by atoms with E-state index in [1.165, 1.54) is 12.2 Å². The molecule has 0 unspecified atom stereocenters. The van der Waals surface area contributed by atoms with E-state index in [0.717, 1.165) is 0 Å². The monoisotopic (exact) mass is 402 g/mol. The standard InChI is InChI=1S/C21H19ClO6/c22-17-12-11-16(28-20(25)15-9-5-2-6-10-15)18(23)21(17,26)13-27-19(24)14-7-3-1-4-8-14/h1-12,16-18,23,26H,13H2/t16-,17-,18-,21+/m1/s1. The predicted molar refractivity (Wildman–Crippen MR) is 102 cm³/mol. The molecule has 1 aliphatic carbocycles. The summed E-state index contributed by atoms with van der Waals surface area (Å²) in [5.41, 5.74) is -1.43. The smallest absolute Gasteiger partial charge is 0.338 e. The Balaban J connectivity index is 1.69.